The van der Waals surface area contributed by atoms with Crippen molar-refractivity contribution in [3.63, 3.8) is 0 Å². The minimum atomic E-state index is -3.64. The standard InChI is InChI=1S/C16H17N2O6S.Y/c1-16(2,25(3,22)23)15(21)17-11-4-5-12(13(19)8-11)18-14(20)10-6-7-24-9-10;/h5-9,19H,1-3H3,(H,17,21)(H,18,20);/q-1;. The van der Waals surface area contributed by atoms with E-state index in [0.29, 0.717) is 0 Å². The van der Waals surface area contributed by atoms with Crippen molar-refractivity contribution in [3.05, 3.63) is 42.4 Å². The number of anilines is 2. The Labute approximate surface area is 176 Å². The van der Waals surface area contributed by atoms with E-state index in [2.05, 4.69) is 16.7 Å². The van der Waals surface area contributed by atoms with Crippen LogP contribution in [0, 0.1) is 6.07 Å². The predicted octanol–water partition coefficient (Wildman–Crippen LogP) is 1.80. The number of carbonyl (C=O) groups excluding carboxylic acids is 2. The van der Waals surface area contributed by atoms with E-state index in [0.717, 1.165) is 12.3 Å². The van der Waals surface area contributed by atoms with Crippen molar-refractivity contribution in [3.8, 4) is 5.75 Å². The van der Waals surface area contributed by atoms with Crippen LogP contribution in [-0.2, 0) is 47.3 Å². The molecule has 0 aliphatic rings. The third-order valence-electron chi connectivity index (χ3n) is 3.68. The fraction of sp³-hybridized carbons (Fsp3) is 0.250. The number of benzene rings is 1. The summed E-state index contributed by atoms with van der Waals surface area (Å²) < 4.78 is 26.5. The fourth-order valence-corrected chi connectivity index (χ4v) is 2.07. The molecule has 0 spiro atoms. The molecule has 137 valence electrons. The number of aromatic hydroxyl groups is 1. The van der Waals surface area contributed by atoms with Gasteiger partial charge in [-0.2, -0.15) is 6.07 Å². The Kier molecular flexibility index (Phi) is 7.15. The van der Waals surface area contributed by atoms with Gasteiger partial charge in [0.25, 0.3) is 0 Å². The maximum absolute atomic E-state index is 12.1. The monoisotopic (exact) mass is 454 g/mol. The second-order valence-electron chi connectivity index (χ2n) is 5.85. The van der Waals surface area contributed by atoms with Crippen molar-refractivity contribution in [1.82, 2.24) is 0 Å². The molecule has 2 rings (SSSR count). The van der Waals surface area contributed by atoms with Crippen LogP contribution in [0.1, 0.15) is 24.2 Å². The maximum Gasteiger partial charge on any atom is 0.248 e. The zero-order valence-electron chi connectivity index (χ0n) is 14.4. The molecule has 1 heterocycles. The third kappa shape index (κ3) is 4.93. The third-order valence-corrected chi connectivity index (χ3v) is 5.72. The molecule has 8 nitrogen and oxygen atoms in total. The van der Waals surface area contributed by atoms with Gasteiger partial charge in [0.1, 0.15) is 11.0 Å². The number of phenols is 1. The van der Waals surface area contributed by atoms with Crippen molar-refractivity contribution in [2.45, 2.75) is 18.6 Å². The van der Waals surface area contributed by atoms with Gasteiger partial charge >= 0.3 is 0 Å². The van der Waals surface area contributed by atoms with Crippen molar-refractivity contribution >= 4 is 33.0 Å². The van der Waals surface area contributed by atoms with Crippen LogP contribution in [-0.4, -0.2) is 36.3 Å². The second kappa shape index (κ2) is 8.32. The van der Waals surface area contributed by atoms with Gasteiger partial charge in [0.2, 0.25) is 11.8 Å². The first kappa shape index (κ1) is 22.3. The first-order chi connectivity index (χ1) is 11.5. The average molecular weight is 454 g/mol. The summed E-state index contributed by atoms with van der Waals surface area (Å²) in [7, 11) is -3.64. The molecule has 0 saturated carbocycles. The molecule has 1 radical (unpaired) electrons. The number of hydrogen-bond donors (Lipinski definition) is 3. The van der Waals surface area contributed by atoms with E-state index in [1.54, 1.807) is 0 Å². The van der Waals surface area contributed by atoms with Gasteiger partial charge in [-0.25, -0.2) is 8.42 Å². The van der Waals surface area contributed by atoms with Gasteiger partial charge in [0.15, 0.2) is 9.84 Å². The number of furan rings is 1. The maximum atomic E-state index is 12.1. The van der Waals surface area contributed by atoms with Crippen molar-refractivity contribution in [1.29, 1.82) is 0 Å². The summed E-state index contributed by atoms with van der Waals surface area (Å²) in [5.74, 6) is -1.57. The van der Waals surface area contributed by atoms with Crippen LogP contribution in [0.25, 0.3) is 0 Å². The van der Waals surface area contributed by atoms with E-state index in [4.69, 9.17) is 4.42 Å². The van der Waals surface area contributed by atoms with Gasteiger partial charge in [-0.05, 0) is 25.6 Å². The molecule has 2 aromatic rings. The van der Waals surface area contributed by atoms with Gasteiger partial charge in [-0.15, -0.1) is 12.1 Å². The number of phenolic OH excluding ortho intramolecular Hbond substituents is 1. The van der Waals surface area contributed by atoms with Crippen LogP contribution >= 0.6 is 0 Å². The second-order valence-corrected chi connectivity index (χ2v) is 8.41. The summed E-state index contributed by atoms with van der Waals surface area (Å²) in [5, 5.41) is 14.8. The number of carbonyl (C=O) groups is 2. The Morgan fingerprint density at radius 1 is 1.27 bits per heavy atom. The van der Waals surface area contributed by atoms with Crippen LogP contribution in [0.2, 0.25) is 0 Å². The molecule has 10 heteroatoms. The topological polar surface area (TPSA) is 126 Å². The molecule has 0 saturated heterocycles. The first-order valence-corrected chi connectivity index (χ1v) is 9.01. The van der Waals surface area contributed by atoms with Crippen LogP contribution in [0.15, 0.2) is 35.1 Å². The SMILES string of the molecule is CC(C)(C(=O)Nc1[c-]cc(NC(=O)c2ccoc2)c(O)c1)S(C)(=O)=O.[Y]. The van der Waals surface area contributed by atoms with Gasteiger partial charge in [-0.3, -0.25) is 9.59 Å². The minimum Gasteiger partial charge on any atom is -0.531 e. The number of amides is 2. The summed E-state index contributed by atoms with van der Waals surface area (Å²) in [6.45, 7) is 2.55. The predicted molar refractivity (Wildman–Crippen MR) is 91.2 cm³/mol. The molecule has 3 N–H and O–H groups in total. The number of sulfone groups is 1. The summed E-state index contributed by atoms with van der Waals surface area (Å²) in [4.78, 5) is 24.0. The Bertz CT molecular complexity index is 907. The van der Waals surface area contributed by atoms with Gasteiger partial charge < -0.3 is 20.2 Å². The van der Waals surface area contributed by atoms with Crippen LogP contribution in [0.5, 0.6) is 5.75 Å². The van der Waals surface area contributed by atoms with E-state index in [1.165, 1.54) is 38.5 Å². The number of rotatable bonds is 5. The van der Waals surface area contributed by atoms with Crippen molar-refractivity contribution < 1.29 is 60.2 Å². The molecule has 0 aliphatic carbocycles. The number of nitrogens with one attached hydrogen (secondary N) is 2. The Hall–Kier alpha value is -1.71. The molecule has 2 amide bonds. The largest absolute Gasteiger partial charge is 0.531 e. The molecule has 0 atom stereocenters. The van der Waals surface area contributed by atoms with E-state index >= 15 is 0 Å². The fourth-order valence-electron chi connectivity index (χ4n) is 1.68. The summed E-state index contributed by atoms with van der Waals surface area (Å²) in [6, 6.07) is 6.53. The molecule has 26 heavy (non-hydrogen) atoms. The smallest absolute Gasteiger partial charge is 0.248 e. The molecule has 0 unspecified atom stereocenters. The Morgan fingerprint density at radius 2 is 1.92 bits per heavy atom. The molecule has 0 fully saturated rings. The van der Waals surface area contributed by atoms with Crippen molar-refractivity contribution in [2.24, 2.45) is 0 Å². The normalized spacial score (nSPS) is 11.3. The first-order valence-electron chi connectivity index (χ1n) is 7.11. The van der Waals surface area contributed by atoms with E-state index in [9.17, 15) is 23.1 Å². The molecular formula is C16H17N2O6SY-. The summed E-state index contributed by atoms with van der Waals surface area (Å²) in [6.07, 6.45) is 3.54. The van der Waals surface area contributed by atoms with E-state index in [-0.39, 0.29) is 55.4 Å². The average Bonchev–Trinajstić information content (AvgIpc) is 3.03. The van der Waals surface area contributed by atoms with Gasteiger partial charge in [0, 0.05) is 44.7 Å². The van der Waals surface area contributed by atoms with Crippen LogP contribution < -0.4 is 10.6 Å². The van der Waals surface area contributed by atoms with E-state index < -0.39 is 26.4 Å². The molecule has 0 aliphatic heterocycles. The van der Waals surface area contributed by atoms with Gasteiger partial charge in [-0.1, -0.05) is 5.69 Å². The molecular weight excluding hydrogens is 437 g/mol. The molecule has 1 aromatic carbocycles. The summed E-state index contributed by atoms with van der Waals surface area (Å²) in [5.41, 5.74) is 0.416. The van der Waals surface area contributed by atoms with Crippen LogP contribution in [0.3, 0.4) is 0 Å². The van der Waals surface area contributed by atoms with Crippen LogP contribution in [0.4, 0.5) is 11.4 Å². The zero-order valence-corrected chi connectivity index (χ0v) is 18.0. The van der Waals surface area contributed by atoms with E-state index in [1.807, 2.05) is 0 Å². The molecule has 0 bridgehead atoms. The Balaban J connectivity index is 0.00000338. The quantitative estimate of drug-likeness (QED) is 0.467. The van der Waals surface area contributed by atoms with Crippen molar-refractivity contribution in [2.75, 3.05) is 16.9 Å². The summed E-state index contributed by atoms with van der Waals surface area (Å²) >= 11 is 0. The van der Waals surface area contributed by atoms with Gasteiger partial charge in [0.05, 0.1) is 11.8 Å². The zero-order chi connectivity index (χ0) is 18.8. The minimum absolute atomic E-state index is 0. The molecule has 1 aromatic heterocycles. The Morgan fingerprint density at radius 3 is 2.42 bits per heavy atom. The number of hydrogen-bond acceptors (Lipinski definition) is 6.